The Morgan fingerprint density at radius 2 is 1.75 bits per heavy atom. The minimum Gasteiger partial charge on any atom is -0.339 e. The second-order valence-corrected chi connectivity index (χ2v) is 7.97. The molecule has 1 aromatic heterocycles. The first-order valence-corrected chi connectivity index (χ1v) is 10.3. The van der Waals surface area contributed by atoms with Crippen LogP contribution in [0.5, 0.6) is 0 Å². The molecular weight excluding hydrogens is 352 g/mol. The molecule has 1 saturated carbocycles. The van der Waals surface area contributed by atoms with Crippen molar-refractivity contribution in [2.24, 2.45) is 5.92 Å². The van der Waals surface area contributed by atoms with E-state index in [-0.39, 0.29) is 17.7 Å². The molecule has 1 aliphatic heterocycles. The Balaban J connectivity index is 1.34. The summed E-state index contributed by atoms with van der Waals surface area (Å²) in [6.45, 7) is 3.20. The van der Waals surface area contributed by atoms with Gasteiger partial charge < -0.3 is 10.2 Å². The van der Waals surface area contributed by atoms with Crippen LogP contribution in [0.2, 0.25) is 0 Å². The van der Waals surface area contributed by atoms with E-state index in [4.69, 9.17) is 0 Å². The summed E-state index contributed by atoms with van der Waals surface area (Å²) in [7, 11) is 0. The number of aryl methyl sites for hydroxylation is 1. The number of hydrogen-bond acceptors (Lipinski definition) is 3. The van der Waals surface area contributed by atoms with Crippen molar-refractivity contribution < 1.29 is 9.59 Å². The van der Waals surface area contributed by atoms with E-state index in [9.17, 15) is 9.59 Å². The third-order valence-electron chi connectivity index (χ3n) is 6.12. The highest BCUT2D eigenvalue weighted by atomic mass is 16.2. The second-order valence-electron chi connectivity index (χ2n) is 7.97. The Labute approximate surface area is 165 Å². The van der Waals surface area contributed by atoms with Gasteiger partial charge in [0.25, 0.3) is 5.91 Å². The summed E-state index contributed by atoms with van der Waals surface area (Å²) in [5, 5.41) is 7.50. The van der Waals surface area contributed by atoms with Gasteiger partial charge in [-0.2, -0.15) is 5.10 Å². The van der Waals surface area contributed by atoms with Crippen molar-refractivity contribution in [2.45, 2.75) is 51.5 Å². The summed E-state index contributed by atoms with van der Waals surface area (Å²) in [6.07, 6.45) is 7.87. The van der Waals surface area contributed by atoms with E-state index < -0.39 is 0 Å². The third-order valence-corrected chi connectivity index (χ3v) is 6.12. The van der Waals surface area contributed by atoms with Crippen molar-refractivity contribution in [2.75, 3.05) is 18.4 Å². The number of carbonyl (C=O) groups is 2. The number of benzene rings is 1. The monoisotopic (exact) mass is 380 g/mol. The van der Waals surface area contributed by atoms with Crippen LogP contribution < -0.4 is 5.32 Å². The molecule has 2 fully saturated rings. The number of rotatable bonds is 4. The number of aromatic nitrogens is 2. The summed E-state index contributed by atoms with van der Waals surface area (Å²) in [6, 6.07) is 9.96. The summed E-state index contributed by atoms with van der Waals surface area (Å²) >= 11 is 0. The molecule has 6 heteroatoms. The first-order valence-electron chi connectivity index (χ1n) is 10.3. The van der Waals surface area contributed by atoms with Gasteiger partial charge in [-0.05, 0) is 44.2 Å². The minimum absolute atomic E-state index is 0.0442. The lowest BCUT2D eigenvalue weighted by molar-refractivity contribution is -0.121. The number of amides is 2. The van der Waals surface area contributed by atoms with Gasteiger partial charge in [-0.15, -0.1) is 0 Å². The van der Waals surface area contributed by atoms with Gasteiger partial charge in [-0.1, -0.05) is 31.0 Å². The van der Waals surface area contributed by atoms with Gasteiger partial charge in [0.05, 0.1) is 12.2 Å². The van der Waals surface area contributed by atoms with Crippen LogP contribution in [0.4, 0.5) is 5.82 Å². The molecule has 0 atom stereocenters. The molecule has 2 heterocycles. The van der Waals surface area contributed by atoms with Crippen molar-refractivity contribution >= 4 is 17.6 Å². The van der Waals surface area contributed by atoms with Crippen LogP contribution in [0.1, 0.15) is 60.5 Å². The molecule has 0 radical (unpaired) electrons. The molecule has 6 nitrogen and oxygen atoms in total. The highest BCUT2D eigenvalue weighted by molar-refractivity contribution is 5.96. The van der Waals surface area contributed by atoms with E-state index in [0.29, 0.717) is 32.0 Å². The normalized spacial score (nSPS) is 18.4. The summed E-state index contributed by atoms with van der Waals surface area (Å²) in [5.41, 5.74) is 1.75. The first-order chi connectivity index (χ1) is 13.6. The fourth-order valence-electron chi connectivity index (χ4n) is 4.41. The van der Waals surface area contributed by atoms with E-state index in [2.05, 4.69) is 10.4 Å². The molecule has 2 aliphatic rings. The molecule has 4 rings (SSSR count). The highest BCUT2D eigenvalue weighted by Gasteiger charge is 2.29. The predicted molar refractivity (Wildman–Crippen MR) is 108 cm³/mol. The maximum atomic E-state index is 12.8. The van der Waals surface area contributed by atoms with Gasteiger partial charge in [-0.25, -0.2) is 4.68 Å². The largest absolute Gasteiger partial charge is 0.339 e. The Kier molecular flexibility index (Phi) is 5.46. The second kappa shape index (κ2) is 8.17. The van der Waals surface area contributed by atoms with Gasteiger partial charge in [0, 0.05) is 30.6 Å². The molecule has 1 N–H and O–H groups in total. The van der Waals surface area contributed by atoms with Crippen molar-refractivity contribution in [1.82, 2.24) is 14.7 Å². The molecule has 1 saturated heterocycles. The summed E-state index contributed by atoms with van der Waals surface area (Å²) in [4.78, 5) is 27.4. The fourth-order valence-corrected chi connectivity index (χ4v) is 4.41. The number of likely N-dealkylation sites (tertiary alicyclic amines) is 1. The summed E-state index contributed by atoms with van der Waals surface area (Å²) < 4.78 is 1.97. The van der Waals surface area contributed by atoms with Gasteiger partial charge in [0.15, 0.2) is 0 Å². The van der Waals surface area contributed by atoms with Crippen molar-refractivity contribution in [3.8, 4) is 0 Å². The van der Waals surface area contributed by atoms with E-state index >= 15 is 0 Å². The zero-order valence-electron chi connectivity index (χ0n) is 16.4. The lowest BCUT2D eigenvalue weighted by Crippen LogP contribution is -2.41. The molecule has 1 aromatic carbocycles. The van der Waals surface area contributed by atoms with Gasteiger partial charge in [0.2, 0.25) is 5.91 Å². The Bertz CT molecular complexity index is 846. The van der Waals surface area contributed by atoms with Crippen molar-refractivity contribution in [1.29, 1.82) is 0 Å². The molecule has 2 aromatic rings. The van der Waals surface area contributed by atoms with Crippen LogP contribution in [0.25, 0.3) is 0 Å². The molecule has 148 valence electrons. The molecule has 1 aliphatic carbocycles. The number of nitrogens with one attached hydrogen (secondary N) is 1. The summed E-state index contributed by atoms with van der Waals surface area (Å²) in [5.74, 6) is 0.849. The van der Waals surface area contributed by atoms with Crippen molar-refractivity contribution in [3.63, 3.8) is 0 Å². The maximum absolute atomic E-state index is 12.8. The molecule has 0 unspecified atom stereocenters. The zero-order valence-corrected chi connectivity index (χ0v) is 16.4. The smallest absolute Gasteiger partial charge is 0.254 e. The first kappa shape index (κ1) is 18.7. The van der Waals surface area contributed by atoms with Gasteiger partial charge in [0.1, 0.15) is 5.82 Å². The number of nitrogens with zero attached hydrogens (tertiary/aromatic N) is 3. The van der Waals surface area contributed by atoms with Crippen LogP contribution in [0, 0.1) is 12.8 Å². The van der Waals surface area contributed by atoms with Gasteiger partial charge >= 0.3 is 0 Å². The van der Waals surface area contributed by atoms with Crippen LogP contribution in [0.3, 0.4) is 0 Å². The van der Waals surface area contributed by atoms with Crippen LogP contribution in [-0.2, 0) is 4.79 Å². The standard InChI is InChI=1S/C22H28N4O2/c1-16-6-2-5-9-19(16)22(28)25-14-11-17(12-15-25)21(27)24-20-10-13-23-26(20)18-7-3-4-8-18/h2,5-6,9-10,13,17-18H,3-4,7-8,11-12,14-15H2,1H3,(H,24,27). The fraction of sp³-hybridized carbons (Fsp3) is 0.500. The number of hydrogen-bond donors (Lipinski definition) is 1. The Hall–Kier alpha value is -2.63. The zero-order chi connectivity index (χ0) is 19.5. The molecule has 0 bridgehead atoms. The van der Waals surface area contributed by atoms with E-state index in [1.165, 1.54) is 12.8 Å². The Morgan fingerprint density at radius 3 is 2.46 bits per heavy atom. The van der Waals surface area contributed by atoms with Crippen molar-refractivity contribution in [3.05, 3.63) is 47.7 Å². The maximum Gasteiger partial charge on any atom is 0.254 e. The number of anilines is 1. The number of carbonyl (C=O) groups excluding carboxylic acids is 2. The SMILES string of the molecule is Cc1ccccc1C(=O)N1CCC(C(=O)Nc2ccnn2C2CCCC2)CC1. The average molecular weight is 380 g/mol. The van der Waals surface area contributed by atoms with Gasteiger partial charge in [-0.3, -0.25) is 9.59 Å². The average Bonchev–Trinajstić information content (AvgIpc) is 3.39. The number of piperidine rings is 1. The van der Waals surface area contributed by atoms with Crippen LogP contribution in [-0.4, -0.2) is 39.6 Å². The minimum atomic E-state index is -0.0622. The third kappa shape index (κ3) is 3.81. The molecule has 28 heavy (non-hydrogen) atoms. The molecule has 0 spiro atoms. The predicted octanol–water partition coefficient (Wildman–Crippen LogP) is 3.80. The highest BCUT2D eigenvalue weighted by Crippen LogP contribution is 2.31. The van der Waals surface area contributed by atoms with Crippen LogP contribution >= 0.6 is 0 Å². The Morgan fingerprint density at radius 1 is 1.04 bits per heavy atom. The van der Waals surface area contributed by atoms with Crippen LogP contribution in [0.15, 0.2) is 36.5 Å². The topological polar surface area (TPSA) is 67.2 Å². The molecule has 2 amide bonds. The van der Waals surface area contributed by atoms with E-state index in [0.717, 1.165) is 29.8 Å². The van der Waals surface area contributed by atoms with E-state index in [1.54, 1.807) is 6.20 Å². The quantitative estimate of drug-likeness (QED) is 0.877. The van der Waals surface area contributed by atoms with E-state index in [1.807, 2.05) is 46.8 Å². The lowest BCUT2D eigenvalue weighted by atomic mass is 9.95. The molecular formula is C22H28N4O2. The lowest BCUT2D eigenvalue weighted by Gasteiger charge is -2.31.